The van der Waals surface area contributed by atoms with Crippen molar-refractivity contribution in [1.29, 1.82) is 0 Å². The van der Waals surface area contributed by atoms with Crippen LogP contribution in [-0.4, -0.2) is 34.5 Å². The van der Waals surface area contributed by atoms with E-state index in [2.05, 4.69) is 0 Å². The minimum absolute atomic E-state index is 0.0998. The summed E-state index contributed by atoms with van der Waals surface area (Å²) in [6, 6.07) is 11.4. The Hall–Kier alpha value is -3.28. The maximum Gasteiger partial charge on any atom is 0.334 e. The average Bonchev–Trinajstić information content (AvgIpc) is 2.86. The van der Waals surface area contributed by atoms with E-state index >= 15 is 0 Å². The van der Waals surface area contributed by atoms with Gasteiger partial charge in [-0.3, -0.25) is 19.3 Å². The van der Waals surface area contributed by atoms with Gasteiger partial charge in [0.05, 0.1) is 11.1 Å². The van der Waals surface area contributed by atoms with Gasteiger partial charge in [0.2, 0.25) is 0 Å². The lowest BCUT2D eigenvalue weighted by atomic mass is 10.1. The Kier molecular flexibility index (Phi) is 4.19. The number of hydrogen-bond acceptors (Lipinski definition) is 5. The van der Waals surface area contributed by atoms with Gasteiger partial charge in [-0.05, 0) is 50.2 Å². The predicted molar refractivity (Wildman–Crippen MR) is 88.5 cm³/mol. The van der Waals surface area contributed by atoms with E-state index in [-0.39, 0.29) is 22.7 Å². The zero-order chi connectivity index (χ0) is 18.1. The largest absolute Gasteiger partial charge is 0.425 e. The highest BCUT2D eigenvalue weighted by molar-refractivity contribution is 6.22. The Morgan fingerprint density at radius 3 is 1.92 bits per heavy atom. The molecule has 2 aromatic carbocycles. The maximum atomic E-state index is 12.4. The molecule has 6 heteroatoms. The Balaban J connectivity index is 1.76. The number of benzene rings is 2. The van der Waals surface area contributed by atoms with Gasteiger partial charge in [-0.15, -0.1) is 0 Å². The topological polar surface area (TPSA) is 80.8 Å². The van der Waals surface area contributed by atoms with Gasteiger partial charge < -0.3 is 4.74 Å². The number of carbonyl (C=O) groups excluding carboxylic acids is 4. The quantitative estimate of drug-likeness (QED) is 0.370. The molecule has 0 fully saturated rings. The Bertz CT molecular complexity index is 850. The van der Waals surface area contributed by atoms with E-state index in [1.54, 1.807) is 24.3 Å². The first kappa shape index (κ1) is 16.6. The molecular formula is C19H15NO5. The summed E-state index contributed by atoms with van der Waals surface area (Å²) < 4.78 is 5.22. The van der Waals surface area contributed by atoms with Crippen LogP contribution in [0.1, 0.15) is 44.9 Å². The van der Waals surface area contributed by atoms with Crippen molar-refractivity contribution in [2.24, 2.45) is 0 Å². The summed E-state index contributed by atoms with van der Waals surface area (Å²) in [5.74, 6) is -1.63. The molecule has 3 rings (SSSR count). The number of Topliss-reactive ketones (excluding diaryl/α,β-unsaturated/α-hetero) is 1. The zero-order valence-corrected chi connectivity index (χ0v) is 13.7. The minimum Gasteiger partial charge on any atom is -0.425 e. The number of fused-ring (bicyclic) bond motifs is 1. The summed E-state index contributed by atoms with van der Waals surface area (Å²) >= 11 is 0. The van der Waals surface area contributed by atoms with Crippen LogP contribution in [-0.2, 0) is 4.79 Å². The van der Waals surface area contributed by atoms with E-state index < -0.39 is 23.8 Å². The third kappa shape index (κ3) is 2.94. The van der Waals surface area contributed by atoms with Crippen LogP contribution in [0.25, 0.3) is 0 Å². The molecule has 1 aliphatic heterocycles. The van der Waals surface area contributed by atoms with E-state index in [1.165, 1.54) is 38.1 Å². The summed E-state index contributed by atoms with van der Waals surface area (Å²) in [6.07, 6.45) is 0. The molecule has 2 amide bonds. The molecule has 0 bridgehead atoms. The van der Waals surface area contributed by atoms with E-state index in [0.29, 0.717) is 5.56 Å². The van der Waals surface area contributed by atoms with Crippen LogP contribution in [0.2, 0.25) is 0 Å². The third-order valence-electron chi connectivity index (χ3n) is 4.03. The van der Waals surface area contributed by atoms with Crippen LogP contribution >= 0.6 is 0 Å². The third-order valence-corrected chi connectivity index (χ3v) is 4.03. The molecule has 0 N–H and O–H groups in total. The summed E-state index contributed by atoms with van der Waals surface area (Å²) in [4.78, 5) is 49.2. The fourth-order valence-corrected chi connectivity index (χ4v) is 2.62. The van der Waals surface area contributed by atoms with Crippen molar-refractivity contribution in [2.75, 3.05) is 0 Å². The fraction of sp³-hybridized carbons (Fsp3) is 0.158. The second-order valence-electron chi connectivity index (χ2n) is 5.70. The van der Waals surface area contributed by atoms with E-state index in [9.17, 15) is 19.2 Å². The number of ketones is 1. The van der Waals surface area contributed by atoms with Gasteiger partial charge >= 0.3 is 5.97 Å². The molecule has 25 heavy (non-hydrogen) atoms. The lowest BCUT2D eigenvalue weighted by molar-refractivity contribution is -0.138. The maximum absolute atomic E-state index is 12.4. The lowest BCUT2D eigenvalue weighted by Crippen LogP contribution is -2.44. The fourth-order valence-electron chi connectivity index (χ4n) is 2.62. The van der Waals surface area contributed by atoms with Gasteiger partial charge in [0.15, 0.2) is 5.78 Å². The van der Waals surface area contributed by atoms with Crippen molar-refractivity contribution in [3.05, 3.63) is 65.2 Å². The van der Waals surface area contributed by atoms with Gasteiger partial charge in [-0.2, -0.15) is 0 Å². The van der Waals surface area contributed by atoms with Gasteiger partial charge in [-0.25, -0.2) is 4.79 Å². The summed E-state index contributed by atoms with van der Waals surface area (Å²) in [7, 11) is 0. The van der Waals surface area contributed by atoms with E-state index in [4.69, 9.17) is 4.74 Å². The molecule has 0 radical (unpaired) electrons. The molecular weight excluding hydrogens is 322 g/mol. The monoisotopic (exact) mass is 337 g/mol. The molecule has 0 spiro atoms. The zero-order valence-electron chi connectivity index (χ0n) is 13.7. The average molecular weight is 337 g/mol. The van der Waals surface area contributed by atoms with Gasteiger partial charge in [0.1, 0.15) is 11.8 Å². The Morgan fingerprint density at radius 1 is 0.920 bits per heavy atom. The summed E-state index contributed by atoms with van der Waals surface area (Å²) in [6.45, 7) is 2.87. The summed E-state index contributed by atoms with van der Waals surface area (Å²) in [5, 5.41) is 0. The van der Waals surface area contributed by atoms with Crippen molar-refractivity contribution >= 4 is 23.6 Å². The number of ether oxygens (including phenoxy) is 1. The molecule has 0 saturated heterocycles. The highest BCUT2D eigenvalue weighted by Crippen LogP contribution is 2.25. The molecule has 126 valence electrons. The van der Waals surface area contributed by atoms with Gasteiger partial charge in [0.25, 0.3) is 11.8 Å². The van der Waals surface area contributed by atoms with Gasteiger partial charge in [-0.1, -0.05) is 12.1 Å². The second-order valence-corrected chi connectivity index (χ2v) is 5.70. The normalized spacial score (nSPS) is 14.2. The number of imide groups is 1. The van der Waals surface area contributed by atoms with Crippen LogP contribution in [0.3, 0.4) is 0 Å². The molecule has 2 aromatic rings. The molecule has 0 saturated carbocycles. The Labute approximate surface area is 144 Å². The molecule has 6 nitrogen and oxygen atoms in total. The van der Waals surface area contributed by atoms with Crippen molar-refractivity contribution in [1.82, 2.24) is 4.90 Å². The molecule has 1 atom stereocenters. The van der Waals surface area contributed by atoms with E-state index in [0.717, 1.165) is 4.90 Å². The van der Waals surface area contributed by atoms with Crippen LogP contribution in [0.4, 0.5) is 0 Å². The first-order valence-corrected chi connectivity index (χ1v) is 7.69. The number of carbonyl (C=O) groups is 4. The highest BCUT2D eigenvalue weighted by Gasteiger charge is 2.41. The lowest BCUT2D eigenvalue weighted by Gasteiger charge is -2.20. The molecule has 1 heterocycles. The molecule has 0 unspecified atom stereocenters. The molecule has 0 aliphatic carbocycles. The summed E-state index contributed by atoms with van der Waals surface area (Å²) in [5.41, 5.74) is 1.05. The predicted octanol–water partition coefficient (Wildman–Crippen LogP) is 2.48. The number of nitrogens with zero attached hydrogens (tertiary/aromatic N) is 1. The second kappa shape index (κ2) is 6.32. The Morgan fingerprint density at radius 2 is 1.44 bits per heavy atom. The van der Waals surface area contributed by atoms with Gasteiger partial charge in [0, 0.05) is 5.56 Å². The van der Waals surface area contributed by atoms with Crippen LogP contribution in [0.15, 0.2) is 48.5 Å². The van der Waals surface area contributed by atoms with Crippen molar-refractivity contribution in [2.45, 2.75) is 19.9 Å². The van der Waals surface area contributed by atoms with Crippen LogP contribution in [0.5, 0.6) is 5.75 Å². The van der Waals surface area contributed by atoms with Crippen molar-refractivity contribution in [3.8, 4) is 5.75 Å². The van der Waals surface area contributed by atoms with Crippen molar-refractivity contribution < 1.29 is 23.9 Å². The smallest absolute Gasteiger partial charge is 0.334 e. The molecule has 0 aromatic heterocycles. The standard InChI is InChI=1S/C19H15NO5/c1-11(19(24)25-14-9-7-13(8-10-14)12(2)21)20-17(22)15-5-3-4-6-16(15)18(20)23/h3-11H,1-2H3/t11-/m1/s1. The van der Waals surface area contributed by atoms with Crippen LogP contribution in [0, 0.1) is 0 Å². The SMILES string of the molecule is CC(=O)c1ccc(OC(=O)[C@@H](C)N2C(=O)c3ccccc3C2=O)cc1. The highest BCUT2D eigenvalue weighted by atomic mass is 16.5. The first-order chi connectivity index (χ1) is 11.9. The molecule has 1 aliphatic rings. The number of hydrogen-bond donors (Lipinski definition) is 0. The van der Waals surface area contributed by atoms with Crippen LogP contribution < -0.4 is 4.74 Å². The number of rotatable bonds is 4. The van der Waals surface area contributed by atoms with Crippen molar-refractivity contribution in [3.63, 3.8) is 0 Å². The number of esters is 1. The van der Waals surface area contributed by atoms with E-state index in [1.807, 2.05) is 0 Å². The first-order valence-electron chi connectivity index (χ1n) is 7.69. The number of amides is 2. The minimum atomic E-state index is -1.07.